The van der Waals surface area contributed by atoms with Crippen LogP contribution in [0.25, 0.3) is 11.3 Å². The minimum Gasteiger partial charge on any atom is -0.390 e. The summed E-state index contributed by atoms with van der Waals surface area (Å²) in [6.45, 7) is 2.09. The second kappa shape index (κ2) is 15.2. The van der Waals surface area contributed by atoms with Crippen molar-refractivity contribution in [3.63, 3.8) is 0 Å². The molecule has 0 saturated carbocycles. The van der Waals surface area contributed by atoms with Gasteiger partial charge in [0.2, 0.25) is 15.9 Å². The van der Waals surface area contributed by atoms with Crippen LogP contribution in [0.2, 0.25) is 5.02 Å². The van der Waals surface area contributed by atoms with Crippen molar-refractivity contribution in [3.8, 4) is 11.3 Å². The third-order valence-corrected chi connectivity index (χ3v) is 14.1. The van der Waals surface area contributed by atoms with Crippen LogP contribution in [0.1, 0.15) is 57.7 Å². The van der Waals surface area contributed by atoms with Crippen molar-refractivity contribution in [2.45, 2.75) is 75.0 Å². The van der Waals surface area contributed by atoms with Crippen molar-refractivity contribution in [2.75, 3.05) is 45.2 Å². The number of hydrogen-bond donors (Lipinski definition) is 2. The van der Waals surface area contributed by atoms with Gasteiger partial charge in [-0.05, 0) is 37.0 Å². The molecule has 3 aliphatic heterocycles. The highest BCUT2D eigenvalue weighted by Crippen LogP contribution is 2.37. The zero-order valence-electron chi connectivity index (χ0n) is 29.0. The largest absolute Gasteiger partial charge is 0.416 e. The van der Waals surface area contributed by atoms with E-state index in [1.165, 1.54) is 21.8 Å². The maximum atomic E-state index is 14.2. The van der Waals surface area contributed by atoms with Crippen LogP contribution in [0, 0.1) is 0 Å². The van der Waals surface area contributed by atoms with Crippen molar-refractivity contribution in [1.82, 2.24) is 29.2 Å². The summed E-state index contributed by atoms with van der Waals surface area (Å²) >= 11 is 6.88. The van der Waals surface area contributed by atoms with Crippen LogP contribution in [-0.4, -0.2) is 115 Å². The van der Waals surface area contributed by atoms with Crippen molar-refractivity contribution in [2.24, 2.45) is 0 Å². The Labute approximate surface area is 314 Å². The van der Waals surface area contributed by atoms with Gasteiger partial charge in [0.05, 0.1) is 40.1 Å². The number of nitrogens with one attached hydrogen (secondary N) is 1. The number of β-amino-alcohol motifs (C(OH)–C–C–N with tert-alkyl or cyclic N) is 1. The van der Waals surface area contributed by atoms with E-state index in [9.17, 15) is 44.7 Å². The molecule has 1 unspecified atom stereocenters. The molecule has 0 bridgehead atoms. The van der Waals surface area contributed by atoms with Crippen LogP contribution in [0.3, 0.4) is 0 Å². The molecule has 2 saturated heterocycles. The topological polar surface area (TPSA) is 162 Å². The van der Waals surface area contributed by atoms with E-state index >= 15 is 0 Å². The molecule has 53 heavy (non-hydrogen) atoms. The highest BCUT2D eigenvalue weighted by molar-refractivity contribution is 7.91. The monoisotopic (exact) mass is 820 g/mol. The number of alkyl halides is 3. The van der Waals surface area contributed by atoms with Crippen LogP contribution in [0.15, 0.2) is 28.5 Å². The van der Waals surface area contributed by atoms with Gasteiger partial charge in [-0.2, -0.15) is 22.6 Å². The third-order valence-electron chi connectivity index (χ3n) is 9.96. The lowest BCUT2D eigenvalue weighted by Crippen LogP contribution is -2.47. The zero-order chi connectivity index (χ0) is 38.5. The number of aliphatic hydroxyl groups is 1. The second-order valence-corrected chi connectivity index (χ2v) is 19.0. The number of piperidine rings is 1. The number of aromatic nitrogens is 2. The number of fused-ring (bicyclic) bond motifs is 1. The molecule has 5 heterocycles. The molecule has 0 spiro atoms. The van der Waals surface area contributed by atoms with Gasteiger partial charge in [-0.15, -0.1) is 11.3 Å². The Kier molecular flexibility index (Phi) is 11.4. The first-order valence-corrected chi connectivity index (χ1v) is 22.0. The fourth-order valence-electron chi connectivity index (χ4n) is 7.31. The van der Waals surface area contributed by atoms with Gasteiger partial charge in [-0.1, -0.05) is 17.7 Å². The Morgan fingerprint density at radius 2 is 1.81 bits per heavy atom. The SMILES string of the molecule is CS(=O)(=O)c1csc(C(=O)NCc2cc(-c3nn(CC(O)CN4CCC(N5CCCC5=O)CC4)c4c3CN(S(C)(=O)=O)CC4)ccc2C(F)(F)F)c1Cl. The van der Waals surface area contributed by atoms with Gasteiger partial charge in [0.1, 0.15) is 4.88 Å². The van der Waals surface area contributed by atoms with Gasteiger partial charge in [-0.3, -0.25) is 14.3 Å². The zero-order valence-corrected chi connectivity index (χ0v) is 32.2. The van der Waals surface area contributed by atoms with Gasteiger partial charge >= 0.3 is 6.18 Å². The quantitative estimate of drug-likeness (QED) is 0.296. The number of halogens is 4. The van der Waals surface area contributed by atoms with Crippen LogP contribution in [-0.2, 0) is 56.9 Å². The second-order valence-electron chi connectivity index (χ2n) is 13.7. The summed E-state index contributed by atoms with van der Waals surface area (Å²) in [5.41, 5.74) is 0.325. The lowest BCUT2D eigenvalue weighted by atomic mass is 9.97. The number of aliphatic hydroxyl groups excluding tert-OH is 1. The number of benzene rings is 1. The number of rotatable bonds is 11. The molecule has 6 rings (SSSR count). The van der Waals surface area contributed by atoms with Gasteiger partial charge in [0.25, 0.3) is 5.91 Å². The van der Waals surface area contributed by atoms with E-state index in [0.717, 1.165) is 55.7 Å². The Morgan fingerprint density at radius 3 is 2.42 bits per heavy atom. The number of sulfone groups is 1. The van der Waals surface area contributed by atoms with Gasteiger partial charge < -0.3 is 20.2 Å². The fourth-order valence-corrected chi connectivity index (χ4v) is 10.9. The predicted octanol–water partition coefficient (Wildman–Crippen LogP) is 3.38. The summed E-state index contributed by atoms with van der Waals surface area (Å²) in [5.74, 6) is -0.669. The van der Waals surface area contributed by atoms with Crippen molar-refractivity contribution < 1.29 is 44.7 Å². The molecule has 0 aliphatic carbocycles. The Morgan fingerprint density at radius 1 is 1.09 bits per heavy atom. The normalized spacial score (nSPS) is 18.8. The maximum Gasteiger partial charge on any atom is 0.416 e. The number of hydrogen-bond acceptors (Lipinski definition) is 10. The molecule has 3 aromatic rings. The fraction of sp³-hybridized carbons (Fsp3) is 0.545. The average Bonchev–Trinajstić information content (AvgIpc) is 3.79. The number of carbonyl (C=O) groups excluding carboxylic acids is 2. The summed E-state index contributed by atoms with van der Waals surface area (Å²) in [4.78, 5) is 28.8. The van der Waals surface area contributed by atoms with Gasteiger partial charge in [0, 0.05) is 93.2 Å². The first-order chi connectivity index (χ1) is 24.8. The Balaban J connectivity index is 1.25. The van der Waals surface area contributed by atoms with E-state index in [-0.39, 0.29) is 69.6 Å². The maximum absolute atomic E-state index is 14.2. The van der Waals surface area contributed by atoms with Crippen molar-refractivity contribution in [3.05, 3.63) is 55.9 Å². The van der Waals surface area contributed by atoms with Crippen molar-refractivity contribution in [1.29, 1.82) is 0 Å². The number of likely N-dealkylation sites (tertiary alicyclic amines) is 2. The summed E-state index contributed by atoms with van der Waals surface area (Å²) in [6.07, 6.45) is -0.330. The molecule has 2 N–H and O–H groups in total. The molecule has 1 atom stereocenters. The number of sulfonamides is 1. The number of carbonyl (C=O) groups is 2. The molecule has 13 nitrogen and oxygen atoms in total. The number of amides is 2. The average molecular weight is 821 g/mol. The Bertz CT molecular complexity index is 2120. The third kappa shape index (κ3) is 8.76. The van der Waals surface area contributed by atoms with E-state index < -0.39 is 50.2 Å². The smallest absolute Gasteiger partial charge is 0.390 e. The standard InChI is InChI=1S/C33H40ClF3N6O7S3/c1-52(47,48)27-19-51-31(29(27)34)32(46)38-15-21-14-20(5-6-25(21)33(35,36)37)30-24-18-41(53(2,49)50)13-9-26(24)43(39-30)17-23(44)16-40-11-7-22(8-12-40)42-10-3-4-28(42)45/h5-6,14,19,22-23,44H,3-4,7-13,15-18H2,1-2H3,(H,38,46). The lowest BCUT2D eigenvalue weighted by molar-refractivity contribution is -0.138. The highest BCUT2D eigenvalue weighted by atomic mass is 35.5. The van der Waals surface area contributed by atoms with Crippen molar-refractivity contribution >= 4 is 54.6 Å². The highest BCUT2D eigenvalue weighted by Gasteiger charge is 2.36. The van der Waals surface area contributed by atoms with E-state index in [0.29, 0.717) is 37.3 Å². The molecule has 3 aliphatic rings. The van der Waals surface area contributed by atoms with E-state index in [1.807, 2.05) is 4.90 Å². The van der Waals surface area contributed by atoms with E-state index in [2.05, 4.69) is 10.2 Å². The summed E-state index contributed by atoms with van der Waals surface area (Å²) in [7, 11) is -7.38. The molecule has 0 radical (unpaired) electrons. The van der Waals surface area contributed by atoms with Crippen LogP contribution >= 0.6 is 22.9 Å². The Hall–Kier alpha value is -3.07. The molecular formula is C33H40ClF3N6O7S3. The minimum atomic E-state index is -4.79. The molecule has 20 heteroatoms. The van der Waals surface area contributed by atoms with E-state index in [4.69, 9.17) is 16.7 Å². The first-order valence-electron chi connectivity index (χ1n) is 17.0. The first kappa shape index (κ1) is 39.6. The summed E-state index contributed by atoms with van der Waals surface area (Å²) < 4.78 is 94.5. The minimum absolute atomic E-state index is 0.0618. The van der Waals surface area contributed by atoms with Crippen LogP contribution in [0.5, 0.6) is 0 Å². The summed E-state index contributed by atoms with van der Waals surface area (Å²) in [6, 6.07) is 3.54. The number of nitrogens with zero attached hydrogens (tertiary/aromatic N) is 5. The number of thiophene rings is 1. The molecule has 1 aromatic carbocycles. The lowest BCUT2D eigenvalue weighted by Gasteiger charge is -2.37. The van der Waals surface area contributed by atoms with E-state index in [1.54, 1.807) is 4.68 Å². The summed E-state index contributed by atoms with van der Waals surface area (Å²) in [5, 5.41) is 19.2. The van der Waals surface area contributed by atoms with Crippen LogP contribution in [0.4, 0.5) is 13.2 Å². The van der Waals surface area contributed by atoms with Crippen LogP contribution < -0.4 is 5.32 Å². The molecule has 2 aromatic heterocycles. The molecule has 290 valence electrons. The molecular weight excluding hydrogens is 781 g/mol. The van der Waals surface area contributed by atoms with Gasteiger partial charge in [-0.25, -0.2) is 16.8 Å². The molecule has 2 amide bonds. The van der Waals surface area contributed by atoms with Gasteiger partial charge in [0.15, 0.2) is 9.84 Å². The molecule has 2 fully saturated rings. The predicted molar refractivity (Wildman–Crippen MR) is 192 cm³/mol.